The normalized spacial score (nSPS) is 14.6. The predicted octanol–water partition coefficient (Wildman–Crippen LogP) is 2.62. The van der Waals surface area contributed by atoms with Gasteiger partial charge in [-0.15, -0.1) is 0 Å². The Morgan fingerprint density at radius 1 is 0.966 bits per heavy atom. The lowest BCUT2D eigenvalue weighted by Gasteiger charge is -2.35. The number of pyridine rings is 1. The number of hydroxylamine groups is 1. The number of amides is 2. The van der Waals surface area contributed by atoms with Gasteiger partial charge in [0.2, 0.25) is 5.91 Å². The molecule has 7 nitrogen and oxygen atoms in total. The van der Waals surface area contributed by atoms with Gasteiger partial charge in [0.1, 0.15) is 0 Å². The summed E-state index contributed by atoms with van der Waals surface area (Å²) < 4.78 is 0. The maximum atomic E-state index is 12.5. The van der Waals surface area contributed by atoms with Gasteiger partial charge >= 0.3 is 0 Å². The predicted molar refractivity (Wildman–Crippen MR) is 112 cm³/mol. The first-order chi connectivity index (χ1) is 14.0. The Hall–Kier alpha value is -3.16. The summed E-state index contributed by atoms with van der Waals surface area (Å²) >= 11 is 5.93. The first-order valence-corrected chi connectivity index (χ1v) is 9.49. The highest BCUT2D eigenvalue weighted by atomic mass is 35.5. The minimum Gasteiger partial charge on any atom is -0.368 e. The van der Waals surface area contributed by atoms with Crippen molar-refractivity contribution in [1.82, 2.24) is 15.4 Å². The molecule has 1 aliphatic rings. The Labute approximate surface area is 173 Å². The zero-order chi connectivity index (χ0) is 20.6. The number of benzene rings is 1. The number of rotatable bonds is 5. The van der Waals surface area contributed by atoms with Crippen LogP contribution in [-0.4, -0.2) is 53.1 Å². The molecule has 0 saturated carbocycles. The molecule has 1 aliphatic heterocycles. The van der Waals surface area contributed by atoms with Gasteiger partial charge in [-0.3, -0.25) is 14.8 Å². The fourth-order valence-corrected chi connectivity index (χ4v) is 3.08. The van der Waals surface area contributed by atoms with Gasteiger partial charge in [0.15, 0.2) is 0 Å². The van der Waals surface area contributed by atoms with E-state index in [4.69, 9.17) is 16.8 Å². The number of carbonyl (C=O) groups excluding carboxylic acids is 2. The summed E-state index contributed by atoms with van der Waals surface area (Å²) in [6, 6.07) is 13.0. The van der Waals surface area contributed by atoms with Crippen molar-refractivity contribution in [3.63, 3.8) is 0 Å². The lowest BCUT2D eigenvalue weighted by atomic mass is 10.2. The Morgan fingerprint density at radius 3 is 2.21 bits per heavy atom. The van der Waals surface area contributed by atoms with E-state index >= 15 is 0 Å². The van der Waals surface area contributed by atoms with Crippen molar-refractivity contribution >= 4 is 41.3 Å². The maximum Gasteiger partial charge on any atom is 0.267 e. The molecule has 0 radical (unpaired) electrons. The number of nitrogens with zero attached hydrogens (tertiary/aromatic N) is 3. The van der Waals surface area contributed by atoms with E-state index in [1.807, 2.05) is 24.3 Å². The second-order valence-electron chi connectivity index (χ2n) is 6.42. The van der Waals surface area contributed by atoms with E-state index in [9.17, 15) is 9.59 Å². The molecule has 1 saturated heterocycles. The largest absolute Gasteiger partial charge is 0.368 e. The Bertz CT molecular complexity index is 920. The van der Waals surface area contributed by atoms with E-state index in [0.717, 1.165) is 18.8 Å². The van der Waals surface area contributed by atoms with E-state index in [2.05, 4.69) is 9.88 Å². The number of nitrogens with one attached hydrogen (secondary N) is 1. The van der Waals surface area contributed by atoms with Crippen LogP contribution in [0, 0.1) is 0 Å². The van der Waals surface area contributed by atoms with Crippen LogP contribution in [-0.2, 0) is 9.59 Å². The molecule has 0 aliphatic carbocycles. The standard InChI is InChI=1S/C21H21ClN4O3/c22-16-4-8-19(9-5-16)25-12-14-26(15-13-25)21(28)11-7-18-3-1-2-17(23-18)6-10-20(27)24-29/h1-11,29H,12-15H2,(H,24,27). The molecule has 0 atom stereocenters. The maximum absolute atomic E-state index is 12.5. The van der Waals surface area contributed by atoms with Crippen molar-refractivity contribution in [2.75, 3.05) is 31.1 Å². The van der Waals surface area contributed by atoms with Crippen LogP contribution in [0.1, 0.15) is 11.4 Å². The fourth-order valence-electron chi connectivity index (χ4n) is 2.95. The van der Waals surface area contributed by atoms with Gasteiger partial charge in [-0.1, -0.05) is 17.7 Å². The smallest absolute Gasteiger partial charge is 0.267 e. The zero-order valence-electron chi connectivity index (χ0n) is 15.7. The van der Waals surface area contributed by atoms with Gasteiger partial charge in [0.25, 0.3) is 5.91 Å². The average Bonchev–Trinajstić information content (AvgIpc) is 2.76. The molecule has 2 N–H and O–H groups in total. The van der Waals surface area contributed by atoms with Crippen LogP contribution < -0.4 is 10.4 Å². The monoisotopic (exact) mass is 412 g/mol. The second-order valence-corrected chi connectivity index (χ2v) is 6.86. The van der Waals surface area contributed by atoms with Crippen LogP contribution in [0.3, 0.4) is 0 Å². The van der Waals surface area contributed by atoms with Crippen LogP contribution in [0.4, 0.5) is 5.69 Å². The third-order valence-corrected chi connectivity index (χ3v) is 4.74. The summed E-state index contributed by atoms with van der Waals surface area (Å²) in [7, 11) is 0. The quantitative estimate of drug-likeness (QED) is 0.448. The molecule has 1 aromatic heterocycles. The molecule has 0 spiro atoms. The van der Waals surface area contributed by atoms with Crippen molar-refractivity contribution in [2.24, 2.45) is 0 Å². The molecule has 0 unspecified atom stereocenters. The molecule has 8 heteroatoms. The summed E-state index contributed by atoms with van der Waals surface area (Å²) in [5.74, 6) is -0.705. The first-order valence-electron chi connectivity index (χ1n) is 9.12. The molecule has 2 amide bonds. The van der Waals surface area contributed by atoms with Gasteiger partial charge < -0.3 is 9.80 Å². The highest BCUT2D eigenvalue weighted by Gasteiger charge is 2.19. The molecule has 2 heterocycles. The summed E-state index contributed by atoms with van der Waals surface area (Å²) in [6.07, 6.45) is 5.80. The van der Waals surface area contributed by atoms with Gasteiger partial charge in [0, 0.05) is 49.0 Å². The van der Waals surface area contributed by atoms with E-state index in [0.29, 0.717) is 29.5 Å². The summed E-state index contributed by atoms with van der Waals surface area (Å²) in [4.78, 5) is 31.9. The number of anilines is 1. The second kappa shape index (κ2) is 9.86. The number of hydrogen-bond acceptors (Lipinski definition) is 5. The number of halogens is 1. The summed E-state index contributed by atoms with van der Waals surface area (Å²) in [5, 5.41) is 9.20. The zero-order valence-corrected chi connectivity index (χ0v) is 16.4. The van der Waals surface area contributed by atoms with Gasteiger partial charge in [-0.2, -0.15) is 0 Å². The molecule has 3 rings (SSSR count). The molecule has 1 aromatic carbocycles. The third-order valence-electron chi connectivity index (χ3n) is 4.49. The highest BCUT2D eigenvalue weighted by Crippen LogP contribution is 2.19. The molecular weight excluding hydrogens is 392 g/mol. The van der Waals surface area contributed by atoms with E-state index < -0.39 is 5.91 Å². The Balaban J connectivity index is 1.55. The topological polar surface area (TPSA) is 85.8 Å². The van der Waals surface area contributed by atoms with Crippen molar-refractivity contribution in [1.29, 1.82) is 0 Å². The fraction of sp³-hybridized carbons (Fsp3) is 0.190. The van der Waals surface area contributed by atoms with Crippen LogP contribution in [0.25, 0.3) is 12.2 Å². The highest BCUT2D eigenvalue weighted by molar-refractivity contribution is 6.30. The summed E-state index contributed by atoms with van der Waals surface area (Å²) in [6.45, 7) is 2.79. The Morgan fingerprint density at radius 2 is 1.59 bits per heavy atom. The Kier molecular flexibility index (Phi) is 6.99. The van der Waals surface area contributed by atoms with E-state index in [-0.39, 0.29) is 5.91 Å². The molecule has 29 heavy (non-hydrogen) atoms. The lowest BCUT2D eigenvalue weighted by Crippen LogP contribution is -2.48. The summed E-state index contributed by atoms with van der Waals surface area (Å²) in [5.41, 5.74) is 3.76. The van der Waals surface area contributed by atoms with Crippen LogP contribution in [0.15, 0.2) is 54.6 Å². The van der Waals surface area contributed by atoms with Gasteiger partial charge in [0.05, 0.1) is 11.4 Å². The van der Waals surface area contributed by atoms with Crippen molar-refractivity contribution in [3.05, 3.63) is 71.0 Å². The van der Waals surface area contributed by atoms with Gasteiger partial charge in [-0.25, -0.2) is 10.5 Å². The molecule has 2 aromatic rings. The third kappa shape index (κ3) is 5.91. The van der Waals surface area contributed by atoms with Crippen LogP contribution in [0.2, 0.25) is 5.02 Å². The van der Waals surface area contributed by atoms with Crippen molar-refractivity contribution < 1.29 is 14.8 Å². The van der Waals surface area contributed by atoms with Crippen molar-refractivity contribution in [3.8, 4) is 0 Å². The molecule has 0 bridgehead atoms. The van der Waals surface area contributed by atoms with E-state index in [1.54, 1.807) is 29.2 Å². The first kappa shape index (κ1) is 20.6. The van der Waals surface area contributed by atoms with Crippen molar-refractivity contribution in [2.45, 2.75) is 0 Å². The minimum absolute atomic E-state index is 0.0665. The minimum atomic E-state index is -0.638. The van der Waals surface area contributed by atoms with Gasteiger partial charge in [-0.05, 0) is 48.6 Å². The number of aromatic nitrogens is 1. The van der Waals surface area contributed by atoms with Crippen LogP contribution in [0.5, 0.6) is 0 Å². The lowest BCUT2D eigenvalue weighted by molar-refractivity contribution is -0.126. The SMILES string of the molecule is O=C(C=Cc1cccc(C=CC(=O)N2CCN(c3ccc(Cl)cc3)CC2)n1)NO. The number of hydrogen-bond donors (Lipinski definition) is 2. The molecular formula is C21H21ClN4O3. The van der Waals surface area contributed by atoms with Crippen LogP contribution >= 0.6 is 11.6 Å². The average molecular weight is 413 g/mol. The molecule has 150 valence electrons. The molecule has 1 fully saturated rings. The number of piperazine rings is 1. The van der Waals surface area contributed by atoms with E-state index in [1.165, 1.54) is 23.7 Å². The number of carbonyl (C=O) groups is 2.